The Balaban J connectivity index is 1.66. The van der Waals surface area contributed by atoms with E-state index in [0.717, 1.165) is 11.1 Å². The van der Waals surface area contributed by atoms with E-state index in [1.165, 1.54) is 18.2 Å². The lowest BCUT2D eigenvalue weighted by atomic mass is 10.0. The first-order valence-electron chi connectivity index (χ1n) is 8.37. The molecule has 5 heteroatoms. The molecule has 0 atom stereocenters. The molecule has 5 nitrogen and oxygen atoms in total. The van der Waals surface area contributed by atoms with Crippen LogP contribution in [0.15, 0.2) is 82.0 Å². The summed E-state index contributed by atoms with van der Waals surface area (Å²) in [5.74, 6) is 0.0863. The first-order chi connectivity index (χ1) is 13.1. The van der Waals surface area contributed by atoms with Crippen LogP contribution in [0.4, 0.5) is 0 Å². The van der Waals surface area contributed by atoms with Gasteiger partial charge in [0.1, 0.15) is 17.9 Å². The molecule has 1 heterocycles. The van der Waals surface area contributed by atoms with E-state index in [1.807, 2.05) is 54.6 Å². The highest BCUT2D eigenvalue weighted by Crippen LogP contribution is 2.35. The molecule has 27 heavy (non-hydrogen) atoms. The molecule has 0 aliphatic rings. The minimum Gasteiger partial charge on any atom is -0.504 e. The molecule has 4 rings (SSSR count). The summed E-state index contributed by atoms with van der Waals surface area (Å²) in [5.41, 5.74) is 2.11. The maximum absolute atomic E-state index is 11.9. The zero-order valence-corrected chi connectivity index (χ0v) is 14.3. The predicted octanol–water partition coefficient (Wildman–Crippen LogP) is 4.45. The van der Waals surface area contributed by atoms with Gasteiger partial charge in [-0.25, -0.2) is 4.79 Å². The van der Waals surface area contributed by atoms with Crippen LogP contribution in [0.3, 0.4) is 0 Å². The Morgan fingerprint density at radius 1 is 0.852 bits per heavy atom. The highest BCUT2D eigenvalue weighted by atomic mass is 16.5. The average Bonchev–Trinajstić information content (AvgIpc) is 2.68. The van der Waals surface area contributed by atoms with Gasteiger partial charge in [-0.1, -0.05) is 42.5 Å². The molecule has 134 valence electrons. The van der Waals surface area contributed by atoms with E-state index in [-0.39, 0.29) is 17.1 Å². The Bertz CT molecular complexity index is 1150. The summed E-state index contributed by atoms with van der Waals surface area (Å²) in [6, 6.07) is 21.1. The van der Waals surface area contributed by atoms with Crippen LogP contribution in [0.25, 0.3) is 22.1 Å². The largest absolute Gasteiger partial charge is 0.504 e. The summed E-state index contributed by atoms with van der Waals surface area (Å²) in [6.07, 6.45) is 0. The van der Waals surface area contributed by atoms with E-state index in [9.17, 15) is 15.0 Å². The zero-order chi connectivity index (χ0) is 18.8. The van der Waals surface area contributed by atoms with E-state index in [4.69, 9.17) is 9.15 Å². The molecule has 0 fully saturated rings. The van der Waals surface area contributed by atoms with Crippen molar-refractivity contribution in [1.29, 1.82) is 0 Å². The van der Waals surface area contributed by atoms with E-state index >= 15 is 0 Å². The number of hydrogen-bond donors (Lipinski definition) is 2. The van der Waals surface area contributed by atoms with Crippen LogP contribution in [0.1, 0.15) is 5.56 Å². The third-order valence-corrected chi connectivity index (χ3v) is 4.25. The van der Waals surface area contributed by atoms with Crippen molar-refractivity contribution in [3.8, 4) is 28.4 Å². The lowest BCUT2D eigenvalue weighted by Gasteiger charge is -2.09. The van der Waals surface area contributed by atoms with Crippen molar-refractivity contribution < 1.29 is 19.4 Å². The number of ether oxygens (including phenoxy) is 1. The number of aromatic hydroxyl groups is 2. The van der Waals surface area contributed by atoms with Gasteiger partial charge in [0.15, 0.2) is 11.5 Å². The topological polar surface area (TPSA) is 79.9 Å². The monoisotopic (exact) mass is 360 g/mol. The third-order valence-electron chi connectivity index (χ3n) is 4.25. The molecule has 4 aromatic rings. The Hall–Kier alpha value is -3.73. The molecule has 0 aliphatic carbocycles. The summed E-state index contributed by atoms with van der Waals surface area (Å²) in [7, 11) is 0. The highest BCUT2D eigenvalue weighted by Gasteiger charge is 2.12. The maximum atomic E-state index is 11.9. The minimum absolute atomic E-state index is 0.206. The SMILES string of the molecule is O=c1cc(-c2ccc(OCc3ccccc3)cc2)c2cc(O)c(O)cc2o1. The van der Waals surface area contributed by atoms with Crippen molar-refractivity contribution in [2.45, 2.75) is 6.61 Å². The minimum atomic E-state index is -0.535. The third kappa shape index (κ3) is 3.48. The van der Waals surface area contributed by atoms with E-state index in [0.29, 0.717) is 23.3 Å². The van der Waals surface area contributed by atoms with Gasteiger partial charge in [-0.05, 0) is 34.9 Å². The molecule has 3 aromatic carbocycles. The predicted molar refractivity (Wildman–Crippen MR) is 102 cm³/mol. The maximum Gasteiger partial charge on any atom is 0.336 e. The fraction of sp³-hybridized carbons (Fsp3) is 0.0455. The molecule has 0 radical (unpaired) electrons. The van der Waals surface area contributed by atoms with Gasteiger partial charge in [-0.2, -0.15) is 0 Å². The summed E-state index contributed by atoms with van der Waals surface area (Å²) in [4.78, 5) is 11.9. The second-order valence-corrected chi connectivity index (χ2v) is 6.11. The molecule has 0 bridgehead atoms. The van der Waals surface area contributed by atoms with Crippen LogP contribution in [0, 0.1) is 0 Å². The van der Waals surface area contributed by atoms with Crippen LogP contribution in [-0.2, 0) is 6.61 Å². The van der Waals surface area contributed by atoms with E-state index in [2.05, 4.69) is 0 Å². The quantitative estimate of drug-likeness (QED) is 0.415. The van der Waals surface area contributed by atoms with Crippen LogP contribution in [0.5, 0.6) is 17.2 Å². The van der Waals surface area contributed by atoms with Crippen molar-refractivity contribution in [3.05, 3.63) is 88.8 Å². The normalized spacial score (nSPS) is 10.8. The first kappa shape index (κ1) is 16.7. The van der Waals surface area contributed by atoms with Gasteiger partial charge in [-0.15, -0.1) is 0 Å². The van der Waals surface area contributed by atoms with Crippen LogP contribution in [-0.4, -0.2) is 10.2 Å². The number of hydrogen-bond acceptors (Lipinski definition) is 5. The van der Waals surface area contributed by atoms with Crippen molar-refractivity contribution in [3.63, 3.8) is 0 Å². The zero-order valence-electron chi connectivity index (χ0n) is 14.3. The summed E-state index contributed by atoms with van der Waals surface area (Å²) >= 11 is 0. The van der Waals surface area contributed by atoms with Crippen LogP contribution >= 0.6 is 0 Å². The van der Waals surface area contributed by atoms with Gasteiger partial charge in [0.2, 0.25) is 0 Å². The molecule has 0 aliphatic heterocycles. The molecule has 0 saturated carbocycles. The van der Waals surface area contributed by atoms with Crippen molar-refractivity contribution in [2.24, 2.45) is 0 Å². The lowest BCUT2D eigenvalue weighted by Crippen LogP contribution is -1.98. The molecule has 0 amide bonds. The standard InChI is InChI=1S/C22H16O5/c23-19-10-18-17(11-22(25)27-21(18)12-20(19)24)15-6-8-16(9-7-15)26-13-14-4-2-1-3-5-14/h1-12,23-24H,13H2. The molecular formula is C22H16O5. The van der Waals surface area contributed by atoms with Gasteiger partial charge in [0, 0.05) is 17.5 Å². The van der Waals surface area contributed by atoms with E-state index in [1.54, 1.807) is 0 Å². The van der Waals surface area contributed by atoms with Crippen molar-refractivity contribution in [2.75, 3.05) is 0 Å². The van der Waals surface area contributed by atoms with Crippen LogP contribution in [0.2, 0.25) is 0 Å². The van der Waals surface area contributed by atoms with Gasteiger partial charge >= 0.3 is 5.63 Å². The van der Waals surface area contributed by atoms with Crippen molar-refractivity contribution in [1.82, 2.24) is 0 Å². The fourth-order valence-electron chi connectivity index (χ4n) is 2.90. The number of benzene rings is 3. The molecule has 2 N–H and O–H groups in total. The molecular weight excluding hydrogens is 344 g/mol. The molecule has 1 aromatic heterocycles. The second-order valence-electron chi connectivity index (χ2n) is 6.11. The molecule has 0 saturated heterocycles. The molecule has 0 spiro atoms. The fourth-order valence-corrected chi connectivity index (χ4v) is 2.90. The van der Waals surface area contributed by atoms with Gasteiger partial charge < -0.3 is 19.4 Å². The Morgan fingerprint density at radius 3 is 2.30 bits per heavy atom. The summed E-state index contributed by atoms with van der Waals surface area (Å²) in [5, 5.41) is 20.0. The van der Waals surface area contributed by atoms with Crippen molar-refractivity contribution >= 4 is 11.0 Å². The number of fused-ring (bicyclic) bond motifs is 1. The summed E-state index contributed by atoms with van der Waals surface area (Å²) in [6.45, 7) is 0.463. The lowest BCUT2D eigenvalue weighted by molar-refractivity contribution is 0.306. The Morgan fingerprint density at radius 2 is 1.56 bits per heavy atom. The number of rotatable bonds is 4. The van der Waals surface area contributed by atoms with Crippen LogP contribution < -0.4 is 10.4 Å². The Labute approximate surface area is 154 Å². The first-order valence-corrected chi connectivity index (χ1v) is 8.37. The average molecular weight is 360 g/mol. The highest BCUT2D eigenvalue weighted by molar-refractivity contribution is 5.95. The van der Waals surface area contributed by atoms with Gasteiger partial charge in [0.05, 0.1) is 0 Å². The van der Waals surface area contributed by atoms with Gasteiger partial charge in [-0.3, -0.25) is 0 Å². The van der Waals surface area contributed by atoms with E-state index < -0.39 is 5.63 Å². The molecule has 0 unspecified atom stereocenters. The second kappa shape index (κ2) is 6.88. The van der Waals surface area contributed by atoms with Gasteiger partial charge in [0.25, 0.3) is 0 Å². The number of phenolic OH excluding ortho intramolecular Hbond substituents is 2. The Kier molecular flexibility index (Phi) is 4.26. The number of phenols is 2. The summed E-state index contributed by atoms with van der Waals surface area (Å²) < 4.78 is 10.9. The smallest absolute Gasteiger partial charge is 0.336 e.